The molecule has 7 heteroatoms. The molecule has 7 nitrogen and oxygen atoms in total. The van der Waals surface area contributed by atoms with Crippen molar-refractivity contribution in [2.45, 2.75) is 58.0 Å². The average Bonchev–Trinajstić information content (AvgIpc) is 3.27. The summed E-state index contributed by atoms with van der Waals surface area (Å²) >= 11 is 0. The average molecular weight is 383 g/mol. The highest BCUT2D eigenvalue weighted by atomic mass is 16.4. The SMILES string of the molecule is Cc1ccc(C(O)CN2CCC(c3nnc4ccc(C(C)(C)C)nn34)CC2)o1. The molecule has 0 radical (unpaired) electrons. The van der Waals surface area contributed by atoms with Crippen LogP contribution in [0.25, 0.3) is 5.65 Å². The molecule has 3 aromatic rings. The molecule has 4 heterocycles. The van der Waals surface area contributed by atoms with Gasteiger partial charge in [0.15, 0.2) is 11.5 Å². The number of nitrogens with zero attached hydrogens (tertiary/aromatic N) is 5. The molecule has 1 aliphatic heterocycles. The van der Waals surface area contributed by atoms with E-state index in [9.17, 15) is 5.11 Å². The summed E-state index contributed by atoms with van der Waals surface area (Å²) in [5.41, 5.74) is 1.82. The number of fused-ring (bicyclic) bond motifs is 1. The molecule has 4 rings (SSSR count). The van der Waals surface area contributed by atoms with Crippen LogP contribution in [0, 0.1) is 6.92 Å². The van der Waals surface area contributed by atoms with E-state index in [-0.39, 0.29) is 5.41 Å². The van der Waals surface area contributed by atoms with Crippen molar-refractivity contribution in [3.63, 3.8) is 0 Å². The quantitative estimate of drug-likeness (QED) is 0.745. The van der Waals surface area contributed by atoms with Crippen LogP contribution in [0.15, 0.2) is 28.7 Å². The first-order valence-corrected chi connectivity index (χ1v) is 10.0. The zero-order valence-electron chi connectivity index (χ0n) is 17.1. The van der Waals surface area contributed by atoms with Gasteiger partial charge in [-0.15, -0.1) is 10.2 Å². The van der Waals surface area contributed by atoms with Crippen LogP contribution in [-0.2, 0) is 5.41 Å². The van der Waals surface area contributed by atoms with E-state index in [1.807, 2.05) is 35.7 Å². The van der Waals surface area contributed by atoms with Gasteiger partial charge in [-0.2, -0.15) is 9.61 Å². The van der Waals surface area contributed by atoms with E-state index < -0.39 is 6.10 Å². The Kier molecular flexibility index (Phi) is 4.97. The molecule has 1 atom stereocenters. The van der Waals surface area contributed by atoms with Crippen molar-refractivity contribution in [3.8, 4) is 0 Å². The third-order valence-corrected chi connectivity index (χ3v) is 5.53. The lowest BCUT2D eigenvalue weighted by atomic mass is 9.92. The van der Waals surface area contributed by atoms with Crippen molar-refractivity contribution in [3.05, 3.63) is 47.3 Å². The molecule has 1 N–H and O–H groups in total. The summed E-state index contributed by atoms with van der Waals surface area (Å²) in [7, 11) is 0. The van der Waals surface area contributed by atoms with Crippen LogP contribution < -0.4 is 0 Å². The monoisotopic (exact) mass is 383 g/mol. The number of hydrogen-bond donors (Lipinski definition) is 1. The van der Waals surface area contributed by atoms with E-state index in [0.29, 0.717) is 18.2 Å². The van der Waals surface area contributed by atoms with Gasteiger partial charge in [0.1, 0.15) is 17.6 Å². The van der Waals surface area contributed by atoms with E-state index in [1.165, 1.54) is 0 Å². The lowest BCUT2D eigenvalue weighted by Crippen LogP contribution is -2.36. The molecule has 150 valence electrons. The summed E-state index contributed by atoms with van der Waals surface area (Å²) in [6, 6.07) is 7.78. The smallest absolute Gasteiger partial charge is 0.177 e. The first kappa shape index (κ1) is 19.1. The summed E-state index contributed by atoms with van der Waals surface area (Å²) in [6.07, 6.45) is 1.37. The van der Waals surface area contributed by atoms with E-state index >= 15 is 0 Å². The van der Waals surface area contributed by atoms with Crippen LogP contribution in [0.4, 0.5) is 0 Å². The zero-order chi connectivity index (χ0) is 19.9. The number of piperidine rings is 1. The summed E-state index contributed by atoms with van der Waals surface area (Å²) in [4.78, 5) is 2.29. The number of aryl methyl sites for hydroxylation is 1. The number of likely N-dealkylation sites (tertiary alicyclic amines) is 1. The van der Waals surface area contributed by atoms with Crippen molar-refractivity contribution in [1.82, 2.24) is 24.7 Å². The molecule has 0 amide bonds. The van der Waals surface area contributed by atoms with E-state index in [2.05, 4.69) is 35.9 Å². The second kappa shape index (κ2) is 7.29. The summed E-state index contributed by atoms with van der Waals surface area (Å²) in [5.74, 6) is 2.75. The number of hydrogen-bond acceptors (Lipinski definition) is 6. The number of aliphatic hydroxyl groups is 1. The number of aliphatic hydroxyl groups excluding tert-OH is 1. The summed E-state index contributed by atoms with van der Waals surface area (Å²) < 4.78 is 7.47. The predicted molar refractivity (Wildman–Crippen MR) is 106 cm³/mol. The van der Waals surface area contributed by atoms with Gasteiger partial charge in [-0.1, -0.05) is 20.8 Å². The summed E-state index contributed by atoms with van der Waals surface area (Å²) in [5, 5.41) is 24.0. The number of β-amino-alcohol motifs (C(OH)–C–C–N with tert-alkyl or cyclic N) is 1. The van der Waals surface area contributed by atoms with Gasteiger partial charge in [-0.3, -0.25) is 0 Å². The molecule has 1 aliphatic rings. The van der Waals surface area contributed by atoms with Crippen molar-refractivity contribution in [2.24, 2.45) is 0 Å². The minimum absolute atomic E-state index is 0.0144. The molecule has 0 aromatic carbocycles. The Bertz CT molecular complexity index is 947. The largest absolute Gasteiger partial charge is 0.464 e. The Morgan fingerprint density at radius 1 is 1.14 bits per heavy atom. The Morgan fingerprint density at radius 3 is 2.54 bits per heavy atom. The van der Waals surface area contributed by atoms with E-state index in [1.54, 1.807) is 0 Å². The van der Waals surface area contributed by atoms with E-state index in [4.69, 9.17) is 9.52 Å². The fourth-order valence-electron chi connectivity index (χ4n) is 3.80. The van der Waals surface area contributed by atoms with Crippen LogP contribution in [0.1, 0.15) is 68.7 Å². The normalized spacial score (nSPS) is 18.0. The van der Waals surface area contributed by atoms with Crippen LogP contribution in [0.3, 0.4) is 0 Å². The van der Waals surface area contributed by atoms with Crippen LogP contribution >= 0.6 is 0 Å². The zero-order valence-corrected chi connectivity index (χ0v) is 17.1. The fourth-order valence-corrected chi connectivity index (χ4v) is 3.80. The molecule has 1 unspecified atom stereocenters. The van der Waals surface area contributed by atoms with Crippen molar-refractivity contribution in [2.75, 3.05) is 19.6 Å². The third-order valence-electron chi connectivity index (χ3n) is 5.53. The molecule has 3 aromatic heterocycles. The second-order valence-electron chi connectivity index (χ2n) is 8.84. The Labute approximate surface area is 165 Å². The predicted octanol–water partition coefficient (Wildman–Crippen LogP) is 3.24. The van der Waals surface area contributed by atoms with Crippen LogP contribution in [0.5, 0.6) is 0 Å². The van der Waals surface area contributed by atoms with Gasteiger partial charge in [-0.25, -0.2) is 0 Å². The number of aromatic nitrogens is 4. The van der Waals surface area contributed by atoms with E-state index in [0.717, 1.165) is 48.9 Å². The number of furan rings is 1. The van der Waals surface area contributed by atoms with Crippen molar-refractivity contribution < 1.29 is 9.52 Å². The maximum Gasteiger partial charge on any atom is 0.177 e. The molecule has 0 saturated carbocycles. The van der Waals surface area contributed by atoms with Gasteiger partial charge in [0.2, 0.25) is 0 Å². The third kappa shape index (κ3) is 3.82. The van der Waals surface area contributed by atoms with Gasteiger partial charge in [-0.05, 0) is 57.1 Å². The maximum absolute atomic E-state index is 10.4. The lowest BCUT2D eigenvalue weighted by molar-refractivity contribution is 0.0803. The molecule has 28 heavy (non-hydrogen) atoms. The molecule has 0 aliphatic carbocycles. The Balaban J connectivity index is 1.43. The molecule has 0 bridgehead atoms. The van der Waals surface area contributed by atoms with Crippen LogP contribution in [-0.4, -0.2) is 49.5 Å². The molecular weight excluding hydrogens is 354 g/mol. The summed E-state index contributed by atoms with van der Waals surface area (Å²) in [6.45, 7) is 10.8. The first-order chi connectivity index (χ1) is 13.3. The van der Waals surface area contributed by atoms with Gasteiger partial charge in [0, 0.05) is 17.9 Å². The molecular formula is C21H29N5O2. The second-order valence-corrected chi connectivity index (χ2v) is 8.84. The maximum atomic E-state index is 10.4. The fraction of sp³-hybridized carbons (Fsp3) is 0.571. The number of rotatable bonds is 4. The highest BCUT2D eigenvalue weighted by molar-refractivity contribution is 5.37. The highest BCUT2D eigenvalue weighted by Gasteiger charge is 2.27. The molecule has 1 saturated heterocycles. The lowest BCUT2D eigenvalue weighted by Gasteiger charge is -2.32. The minimum Gasteiger partial charge on any atom is -0.464 e. The van der Waals surface area contributed by atoms with Crippen molar-refractivity contribution >= 4 is 5.65 Å². The molecule has 0 spiro atoms. The first-order valence-electron chi connectivity index (χ1n) is 10.0. The van der Waals surface area contributed by atoms with Crippen molar-refractivity contribution in [1.29, 1.82) is 0 Å². The Hall–Kier alpha value is -2.25. The Morgan fingerprint density at radius 2 is 1.89 bits per heavy atom. The minimum atomic E-state index is -0.588. The van der Waals surface area contributed by atoms with Gasteiger partial charge >= 0.3 is 0 Å². The molecule has 1 fully saturated rings. The van der Waals surface area contributed by atoms with Crippen LogP contribution in [0.2, 0.25) is 0 Å². The topological polar surface area (TPSA) is 79.7 Å². The van der Waals surface area contributed by atoms with Gasteiger partial charge < -0.3 is 14.4 Å². The standard InChI is InChI=1S/C21H29N5O2/c1-14-5-6-17(28-14)16(27)13-25-11-9-15(10-12-25)20-23-22-19-8-7-18(21(2,3)4)24-26(19)20/h5-8,15-16,27H,9-13H2,1-4H3. The highest BCUT2D eigenvalue weighted by Crippen LogP contribution is 2.29. The van der Waals surface area contributed by atoms with Gasteiger partial charge in [0.05, 0.1) is 5.69 Å². The van der Waals surface area contributed by atoms with Gasteiger partial charge in [0.25, 0.3) is 0 Å².